The van der Waals surface area contributed by atoms with E-state index >= 15 is 0 Å². The average molecular weight is 326 g/mol. The summed E-state index contributed by atoms with van der Waals surface area (Å²) in [6, 6.07) is 11.7. The first-order chi connectivity index (χ1) is 11.7. The number of nitrogens with one attached hydrogen (secondary N) is 1. The van der Waals surface area contributed by atoms with Crippen LogP contribution in [0, 0.1) is 5.82 Å². The summed E-state index contributed by atoms with van der Waals surface area (Å²) in [4.78, 5) is 16.0. The van der Waals surface area contributed by atoms with Crippen LogP contribution in [-0.2, 0) is 17.8 Å². The first kappa shape index (κ1) is 15.8. The van der Waals surface area contributed by atoms with Crippen molar-refractivity contribution in [2.75, 3.05) is 0 Å². The van der Waals surface area contributed by atoms with Crippen molar-refractivity contribution in [3.63, 3.8) is 0 Å². The molecular weight excluding hydrogens is 311 g/mol. The maximum atomic E-state index is 13.5. The van der Waals surface area contributed by atoms with Gasteiger partial charge in [0.05, 0.1) is 0 Å². The largest absolute Gasteiger partial charge is 0.419 e. The Bertz CT molecular complexity index is 820. The van der Waals surface area contributed by atoms with Gasteiger partial charge in [-0.15, -0.1) is 10.2 Å². The number of pyridine rings is 1. The monoisotopic (exact) mass is 326 g/mol. The highest BCUT2D eigenvalue weighted by molar-refractivity contribution is 5.76. The number of halogens is 1. The average Bonchev–Trinajstić information content (AvgIpc) is 3.09. The second-order valence-corrected chi connectivity index (χ2v) is 5.08. The molecule has 0 saturated carbocycles. The van der Waals surface area contributed by atoms with Crippen molar-refractivity contribution < 1.29 is 13.6 Å². The summed E-state index contributed by atoms with van der Waals surface area (Å²) in [6.07, 6.45) is 2.12. The lowest BCUT2D eigenvalue weighted by molar-refractivity contribution is -0.121. The summed E-state index contributed by atoms with van der Waals surface area (Å²) in [5.74, 6) is 0.125. The summed E-state index contributed by atoms with van der Waals surface area (Å²) in [5.41, 5.74) is 1.03. The van der Waals surface area contributed by atoms with Crippen LogP contribution in [0.4, 0.5) is 4.39 Å². The van der Waals surface area contributed by atoms with Crippen molar-refractivity contribution >= 4 is 5.91 Å². The van der Waals surface area contributed by atoms with Crippen LogP contribution in [-0.4, -0.2) is 21.1 Å². The Morgan fingerprint density at radius 3 is 2.75 bits per heavy atom. The Hall–Kier alpha value is -3.09. The molecule has 0 aliphatic carbocycles. The van der Waals surface area contributed by atoms with Crippen LogP contribution in [0.5, 0.6) is 0 Å². The van der Waals surface area contributed by atoms with E-state index in [9.17, 15) is 9.18 Å². The summed E-state index contributed by atoms with van der Waals surface area (Å²) < 4.78 is 18.9. The fraction of sp³-hybridized carbons (Fsp3) is 0.176. The summed E-state index contributed by atoms with van der Waals surface area (Å²) >= 11 is 0. The molecule has 0 atom stereocenters. The van der Waals surface area contributed by atoms with Crippen molar-refractivity contribution in [1.29, 1.82) is 0 Å². The predicted octanol–water partition coefficient (Wildman–Crippen LogP) is 2.52. The van der Waals surface area contributed by atoms with Gasteiger partial charge >= 0.3 is 0 Å². The van der Waals surface area contributed by atoms with Crippen molar-refractivity contribution in [2.45, 2.75) is 19.4 Å². The molecule has 24 heavy (non-hydrogen) atoms. The molecule has 0 bridgehead atoms. The molecule has 0 saturated heterocycles. The number of aromatic nitrogens is 3. The molecule has 2 heterocycles. The number of hydrogen-bond acceptors (Lipinski definition) is 5. The summed E-state index contributed by atoms with van der Waals surface area (Å²) in [5, 5.41) is 10.5. The van der Waals surface area contributed by atoms with Gasteiger partial charge < -0.3 is 9.73 Å². The third-order valence-electron chi connectivity index (χ3n) is 3.35. The van der Waals surface area contributed by atoms with Gasteiger partial charge in [-0.25, -0.2) is 4.39 Å². The van der Waals surface area contributed by atoms with Crippen molar-refractivity contribution in [3.8, 4) is 11.6 Å². The number of amides is 1. The van der Waals surface area contributed by atoms with Gasteiger partial charge in [-0.2, -0.15) is 0 Å². The van der Waals surface area contributed by atoms with Gasteiger partial charge in [0, 0.05) is 31.1 Å². The molecule has 0 radical (unpaired) electrons. The molecule has 0 aliphatic rings. The van der Waals surface area contributed by atoms with Crippen molar-refractivity contribution in [3.05, 3.63) is 65.9 Å². The number of carbonyl (C=O) groups excluding carboxylic acids is 1. The minimum atomic E-state index is -0.338. The third-order valence-corrected chi connectivity index (χ3v) is 3.35. The van der Waals surface area contributed by atoms with Gasteiger partial charge in [0.25, 0.3) is 5.89 Å². The minimum Gasteiger partial charge on any atom is -0.419 e. The number of rotatable bonds is 6. The van der Waals surface area contributed by atoms with Crippen molar-refractivity contribution in [2.24, 2.45) is 0 Å². The van der Waals surface area contributed by atoms with E-state index in [4.69, 9.17) is 4.42 Å². The fourth-order valence-electron chi connectivity index (χ4n) is 2.09. The van der Waals surface area contributed by atoms with Crippen LogP contribution < -0.4 is 5.32 Å². The Balaban J connectivity index is 1.50. The zero-order valence-electron chi connectivity index (χ0n) is 12.8. The highest BCUT2D eigenvalue weighted by Crippen LogP contribution is 2.15. The lowest BCUT2D eigenvalue weighted by atomic mass is 10.2. The normalized spacial score (nSPS) is 10.5. The Morgan fingerprint density at radius 2 is 1.96 bits per heavy atom. The first-order valence-electron chi connectivity index (χ1n) is 7.46. The molecule has 0 spiro atoms. The van der Waals surface area contributed by atoms with Gasteiger partial charge in [0.15, 0.2) is 0 Å². The van der Waals surface area contributed by atoms with E-state index in [1.165, 1.54) is 6.07 Å². The third kappa shape index (κ3) is 4.01. The zero-order valence-corrected chi connectivity index (χ0v) is 12.8. The predicted molar refractivity (Wildman–Crippen MR) is 84.1 cm³/mol. The summed E-state index contributed by atoms with van der Waals surface area (Å²) in [7, 11) is 0. The van der Waals surface area contributed by atoms with E-state index in [0.717, 1.165) is 0 Å². The van der Waals surface area contributed by atoms with E-state index < -0.39 is 0 Å². The van der Waals surface area contributed by atoms with Crippen LogP contribution in [0.1, 0.15) is 17.9 Å². The Kier molecular flexibility index (Phi) is 4.90. The van der Waals surface area contributed by atoms with Crippen LogP contribution in [0.2, 0.25) is 0 Å². The topological polar surface area (TPSA) is 80.9 Å². The fourth-order valence-corrected chi connectivity index (χ4v) is 2.09. The highest BCUT2D eigenvalue weighted by Gasteiger charge is 2.11. The van der Waals surface area contributed by atoms with Crippen molar-refractivity contribution in [1.82, 2.24) is 20.5 Å². The highest BCUT2D eigenvalue weighted by atomic mass is 19.1. The van der Waals surface area contributed by atoms with Gasteiger partial charge in [0.2, 0.25) is 11.8 Å². The van der Waals surface area contributed by atoms with Gasteiger partial charge in [0.1, 0.15) is 11.5 Å². The van der Waals surface area contributed by atoms with E-state index in [2.05, 4.69) is 20.5 Å². The number of nitrogens with zero attached hydrogens (tertiary/aromatic N) is 3. The molecule has 1 aromatic carbocycles. The molecule has 1 amide bonds. The maximum absolute atomic E-state index is 13.5. The second-order valence-electron chi connectivity index (χ2n) is 5.08. The molecule has 3 aromatic rings. The SMILES string of the molecule is O=C(CCc1nnc(-c2ccccn2)o1)NCc1ccccc1F. The quantitative estimate of drug-likeness (QED) is 0.753. The number of benzene rings is 1. The van der Waals surface area contributed by atoms with E-state index in [1.54, 1.807) is 36.5 Å². The molecule has 3 rings (SSSR count). The Morgan fingerprint density at radius 1 is 1.12 bits per heavy atom. The van der Waals surface area contributed by atoms with Crippen LogP contribution in [0.3, 0.4) is 0 Å². The number of carbonyl (C=O) groups is 1. The molecule has 6 nitrogen and oxygen atoms in total. The van der Waals surface area contributed by atoms with Gasteiger partial charge in [-0.05, 0) is 18.2 Å². The lowest BCUT2D eigenvalue weighted by Gasteiger charge is -2.05. The number of hydrogen-bond donors (Lipinski definition) is 1. The second kappa shape index (κ2) is 7.45. The first-order valence-corrected chi connectivity index (χ1v) is 7.46. The standard InChI is InChI=1S/C17H15FN4O2/c18-13-6-2-1-5-12(13)11-20-15(23)8-9-16-21-22-17(24-16)14-7-3-4-10-19-14/h1-7,10H,8-9,11H2,(H,20,23). The zero-order chi connectivity index (χ0) is 16.8. The molecule has 122 valence electrons. The molecule has 7 heteroatoms. The smallest absolute Gasteiger partial charge is 0.266 e. The van der Waals surface area contributed by atoms with Crippen LogP contribution in [0.15, 0.2) is 53.1 Å². The molecule has 0 aliphatic heterocycles. The maximum Gasteiger partial charge on any atom is 0.266 e. The van der Waals surface area contributed by atoms with Crippen LogP contribution in [0.25, 0.3) is 11.6 Å². The van der Waals surface area contributed by atoms with E-state index in [0.29, 0.717) is 29.5 Å². The summed E-state index contributed by atoms with van der Waals surface area (Å²) in [6.45, 7) is 0.147. The molecular formula is C17H15FN4O2. The molecule has 2 aromatic heterocycles. The Labute approximate surface area is 137 Å². The van der Waals surface area contributed by atoms with Crippen LogP contribution >= 0.6 is 0 Å². The minimum absolute atomic E-state index is 0.147. The molecule has 0 unspecified atom stereocenters. The van der Waals surface area contributed by atoms with E-state index in [1.807, 2.05) is 6.07 Å². The lowest BCUT2D eigenvalue weighted by Crippen LogP contribution is -2.23. The molecule has 0 fully saturated rings. The van der Waals surface area contributed by atoms with E-state index in [-0.39, 0.29) is 24.7 Å². The number of aryl methyl sites for hydroxylation is 1. The van der Waals surface area contributed by atoms with Gasteiger partial charge in [-0.1, -0.05) is 24.3 Å². The molecule has 1 N–H and O–H groups in total. The van der Waals surface area contributed by atoms with Gasteiger partial charge in [-0.3, -0.25) is 9.78 Å².